The number of carboxylic acids is 1. The molecule has 4 heteroatoms. The molecule has 0 spiro atoms. The van der Waals surface area contributed by atoms with Crippen LogP contribution in [0.15, 0.2) is 30.3 Å². The van der Waals surface area contributed by atoms with E-state index in [0.29, 0.717) is 18.4 Å². The SMILES string of the molecule is CCCC(=O)N[C@@H](C(=O)O)c1ccccc1. The van der Waals surface area contributed by atoms with Crippen molar-refractivity contribution in [2.45, 2.75) is 25.8 Å². The van der Waals surface area contributed by atoms with Crippen LogP contribution in [0.3, 0.4) is 0 Å². The second kappa shape index (κ2) is 5.90. The van der Waals surface area contributed by atoms with E-state index in [1.807, 2.05) is 6.92 Å². The lowest BCUT2D eigenvalue weighted by Crippen LogP contribution is -2.33. The number of carboxylic acid groups (broad SMARTS) is 1. The summed E-state index contributed by atoms with van der Waals surface area (Å²) >= 11 is 0. The fourth-order valence-corrected chi connectivity index (χ4v) is 1.39. The first-order chi connectivity index (χ1) is 7.65. The van der Waals surface area contributed by atoms with E-state index in [-0.39, 0.29) is 5.91 Å². The molecule has 0 aromatic heterocycles. The van der Waals surface area contributed by atoms with Crippen molar-refractivity contribution in [3.63, 3.8) is 0 Å². The Balaban J connectivity index is 2.77. The summed E-state index contributed by atoms with van der Waals surface area (Å²) < 4.78 is 0. The molecule has 0 aliphatic rings. The predicted octanol–water partition coefficient (Wildman–Crippen LogP) is 1.73. The number of aliphatic carboxylic acids is 1. The minimum Gasteiger partial charge on any atom is -0.479 e. The van der Waals surface area contributed by atoms with Crippen LogP contribution in [0.25, 0.3) is 0 Å². The van der Waals surface area contributed by atoms with Crippen LogP contribution >= 0.6 is 0 Å². The highest BCUT2D eigenvalue weighted by atomic mass is 16.4. The van der Waals surface area contributed by atoms with Crippen LogP contribution in [0, 0.1) is 0 Å². The molecule has 0 bridgehead atoms. The summed E-state index contributed by atoms with van der Waals surface area (Å²) in [4.78, 5) is 22.4. The van der Waals surface area contributed by atoms with Crippen LogP contribution in [-0.4, -0.2) is 17.0 Å². The molecule has 1 rings (SSSR count). The third-order valence-electron chi connectivity index (χ3n) is 2.16. The molecule has 0 radical (unpaired) electrons. The van der Waals surface area contributed by atoms with Crippen molar-refractivity contribution in [2.75, 3.05) is 0 Å². The molecular weight excluding hydrogens is 206 g/mol. The molecule has 0 unspecified atom stereocenters. The molecule has 0 saturated carbocycles. The zero-order valence-corrected chi connectivity index (χ0v) is 9.14. The second-order valence-corrected chi connectivity index (χ2v) is 3.50. The molecule has 0 aliphatic heterocycles. The number of carbonyl (C=O) groups excluding carboxylic acids is 1. The van der Waals surface area contributed by atoms with Crippen molar-refractivity contribution in [3.8, 4) is 0 Å². The summed E-state index contributed by atoms with van der Waals surface area (Å²) in [6.07, 6.45) is 1.05. The largest absolute Gasteiger partial charge is 0.479 e. The highest BCUT2D eigenvalue weighted by Gasteiger charge is 2.20. The van der Waals surface area contributed by atoms with Gasteiger partial charge in [-0.3, -0.25) is 4.79 Å². The minimum atomic E-state index is -1.05. The maximum absolute atomic E-state index is 11.4. The third kappa shape index (κ3) is 3.38. The van der Waals surface area contributed by atoms with Crippen LogP contribution in [0.4, 0.5) is 0 Å². The maximum Gasteiger partial charge on any atom is 0.330 e. The number of amides is 1. The van der Waals surface area contributed by atoms with E-state index in [1.165, 1.54) is 0 Å². The van der Waals surface area contributed by atoms with E-state index in [0.717, 1.165) is 0 Å². The van der Waals surface area contributed by atoms with Crippen molar-refractivity contribution in [1.29, 1.82) is 0 Å². The smallest absolute Gasteiger partial charge is 0.330 e. The van der Waals surface area contributed by atoms with Gasteiger partial charge in [0.05, 0.1) is 0 Å². The summed E-state index contributed by atoms with van der Waals surface area (Å²) in [5.74, 6) is -1.28. The molecule has 86 valence electrons. The Morgan fingerprint density at radius 3 is 2.44 bits per heavy atom. The molecule has 0 aliphatic carbocycles. The van der Waals surface area contributed by atoms with Gasteiger partial charge in [0.1, 0.15) is 0 Å². The average Bonchev–Trinajstić information content (AvgIpc) is 2.27. The van der Waals surface area contributed by atoms with Crippen molar-refractivity contribution >= 4 is 11.9 Å². The molecule has 1 aromatic carbocycles. The topological polar surface area (TPSA) is 66.4 Å². The van der Waals surface area contributed by atoms with Crippen LogP contribution in [-0.2, 0) is 9.59 Å². The minimum absolute atomic E-state index is 0.237. The Labute approximate surface area is 94.3 Å². The van der Waals surface area contributed by atoms with E-state index in [4.69, 9.17) is 5.11 Å². The Hall–Kier alpha value is -1.84. The maximum atomic E-state index is 11.4. The van der Waals surface area contributed by atoms with Gasteiger partial charge in [-0.2, -0.15) is 0 Å². The molecule has 0 fully saturated rings. The van der Waals surface area contributed by atoms with Gasteiger partial charge in [0.2, 0.25) is 5.91 Å². The van der Waals surface area contributed by atoms with Gasteiger partial charge in [0.15, 0.2) is 6.04 Å². The molecule has 0 heterocycles. The first kappa shape index (κ1) is 12.2. The number of carbonyl (C=O) groups is 2. The zero-order valence-electron chi connectivity index (χ0n) is 9.14. The average molecular weight is 221 g/mol. The van der Waals surface area contributed by atoms with E-state index in [2.05, 4.69) is 5.32 Å². The van der Waals surface area contributed by atoms with Crippen molar-refractivity contribution in [2.24, 2.45) is 0 Å². The highest BCUT2D eigenvalue weighted by molar-refractivity contribution is 5.84. The number of hydrogen-bond acceptors (Lipinski definition) is 2. The van der Waals surface area contributed by atoms with Crippen molar-refractivity contribution in [1.82, 2.24) is 5.32 Å². The van der Waals surface area contributed by atoms with Crippen LogP contribution in [0.5, 0.6) is 0 Å². The van der Waals surface area contributed by atoms with E-state index < -0.39 is 12.0 Å². The van der Waals surface area contributed by atoms with Crippen molar-refractivity contribution in [3.05, 3.63) is 35.9 Å². The molecule has 1 amide bonds. The van der Waals surface area contributed by atoms with Crippen LogP contribution in [0.2, 0.25) is 0 Å². The lowest BCUT2D eigenvalue weighted by Gasteiger charge is -2.14. The van der Waals surface area contributed by atoms with E-state index in [1.54, 1.807) is 30.3 Å². The van der Waals surface area contributed by atoms with Gasteiger partial charge < -0.3 is 10.4 Å². The van der Waals surface area contributed by atoms with Gasteiger partial charge in [-0.15, -0.1) is 0 Å². The predicted molar refractivity (Wildman–Crippen MR) is 59.9 cm³/mol. The van der Waals surface area contributed by atoms with Crippen LogP contribution in [0.1, 0.15) is 31.4 Å². The van der Waals surface area contributed by atoms with Gasteiger partial charge in [-0.1, -0.05) is 37.3 Å². The van der Waals surface area contributed by atoms with Gasteiger partial charge >= 0.3 is 5.97 Å². The molecule has 1 aromatic rings. The Bertz CT molecular complexity index is 362. The summed E-state index contributed by atoms with van der Waals surface area (Å²) in [6.45, 7) is 1.87. The Morgan fingerprint density at radius 2 is 1.94 bits per heavy atom. The van der Waals surface area contributed by atoms with Gasteiger partial charge in [0, 0.05) is 6.42 Å². The van der Waals surface area contributed by atoms with Crippen LogP contribution < -0.4 is 5.32 Å². The molecule has 4 nitrogen and oxygen atoms in total. The molecule has 1 atom stereocenters. The van der Waals surface area contributed by atoms with Crippen molar-refractivity contribution < 1.29 is 14.7 Å². The monoisotopic (exact) mass is 221 g/mol. The Kier molecular flexibility index (Phi) is 4.51. The molecule has 2 N–H and O–H groups in total. The standard InChI is InChI=1S/C12H15NO3/c1-2-6-10(14)13-11(12(15)16)9-7-4-3-5-8-9/h3-5,7-8,11H,2,6H2,1H3,(H,13,14)(H,15,16)/t11-/m1/s1. The number of rotatable bonds is 5. The molecule has 16 heavy (non-hydrogen) atoms. The zero-order chi connectivity index (χ0) is 12.0. The van der Waals surface area contributed by atoms with E-state index in [9.17, 15) is 9.59 Å². The lowest BCUT2D eigenvalue weighted by atomic mass is 10.1. The normalized spacial score (nSPS) is 11.8. The number of nitrogens with one attached hydrogen (secondary N) is 1. The Morgan fingerprint density at radius 1 is 1.31 bits per heavy atom. The number of hydrogen-bond donors (Lipinski definition) is 2. The van der Waals surface area contributed by atoms with Gasteiger partial charge in [-0.25, -0.2) is 4.79 Å². The first-order valence-electron chi connectivity index (χ1n) is 5.22. The summed E-state index contributed by atoms with van der Waals surface area (Å²) in [7, 11) is 0. The third-order valence-corrected chi connectivity index (χ3v) is 2.16. The fraction of sp³-hybridized carbons (Fsp3) is 0.333. The number of benzene rings is 1. The molecular formula is C12H15NO3. The van der Waals surface area contributed by atoms with Gasteiger partial charge in [0.25, 0.3) is 0 Å². The second-order valence-electron chi connectivity index (χ2n) is 3.50. The summed E-state index contributed by atoms with van der Waals surface area (Å²) in [5.41, 5.74) is 0.583. The first-order valence-corrected chi connectivity index (χ1v) is 5.22. The highest BCUT2D eigenvalue weighted by Crippen LogP contribution is 2.12. The van der Waals surface area contributed by atoms with E-state index >= 15 is 0 Å². The summed E-state index contributed by atoms with van der Waals surface area (Å²) in [5, 5.41) is 11.5. The molecule has 0 saturated heterocycles. The van der Waals surface area contributed by atoms with Gasteiger partial charge in [-0.05, 0) is 12.0 Å². The fourth-order valence-electron chi connectivity index (χ4n) is 1.39. The summed E-state index contributed by atoms with van der Waals surface area (Å²) in [6, 6.07) is 7.71. The quantitative estimate of drug-likeness (QED) is 0.795. The lowest BCUT2D eigenvalue weighted by molar-refractivity contribution is -0.142.